The minimum Gasteiger partial charge on any atom is -0.394 e. The summed E-state index contributed by atoms with van der Waals surface area (Å²) in [4.78, 5) is 0. The van der Waals surface area contributed by atoms with Gasteiger partial charge in [0, 0.05) is 6.61 Å². The van der Waals surface area contributed by atoms with Crippen LogP contribution in [0.5, 0.6) is 0 Å². The summed E-state index contributed by atoms with van der Waals surface area (Å²) in [5.74, 6) is -0.563. The standard InChI is InChI=1S/C13H15FN2O2/c14-10-3-1-4-11(9(10)7-15)16-12(8-17)13-5-2-6-18-13/h1,3-4,12-13,16-17H,2,5-6,8H2. The van der Waals surface area contributed by atoms with E-state index in [4.69, 9.17) is 10.00 Å². The largest absolute Gasteiger partial charge is 0.394 e. The van der Waals surface area contributed by atoms with Crippen molar-refractivity contribution in [2.24, 2.45) is 0 Å². The van der Waals surface area contributed by atoms with E-state index in [0.29, 0.717) is 12.3 Å². The highest BCUT2D eigenvalue weighted by Gasteiger charge is 2.26. The van der Waals surface area contributed by atoms with Crippen LogP contribution in [0.15, 0.2) is 18.2 Å². The lowest BCUT2D eigenvalue weighted by molar-refractivity contribution is 0.0758. The molecule has 1 aromatic carbocycles. The van der Waals surface area contributed by atoms with Crippen molar-refractivity contribution in [3.8, 4) is 6.07 Å². The maximum atomic E-state index is 13.4. The van der Waals surface area contributed by atoms with Gasteiger partial charge in [0.15, 0.2) is 0 Å². The summed E-state index contributed by atoms with van der Waals surface area (Å²) >= 11 is 0. The normalized spacial score (nSPS) is 20.4. The van der Waals surface area contributed by atoms with Crippen molar-refractivity contribution >= 4 is 5.69 Å². The van der Waals surface area contributed by atoms with E-state index in [9.17, 15) is 9.50 Å². The lowest BCUT2D eigenvalue weighted by Crippen LogP contribution is -2.36. The van der Waals surface area contributed by atoms with Gasteiger partial charge >= 0.3 is 0 Å². The fourth-order valence-corrected chi connectivity index (χ4v) is 2.13. The van der Waals surface area contributed by atoms with Crippen LogP contribution >= 0.6 is 0 Å². The number of halogens is 1. The number of nitriles is 1. The monoisotopic (exact) mass is 250 g/mol. The maximum absolute atomic E-state index is 13.4. The lowest BCUT2D eigenvalue weighted by atomic mass is 10.1. The van der Waals surface area contributed by atoms with E-state index < -0.39 is 5.82 Å². The van der Waals surface area contributed by atoms with Crippen molar-refractivity contribution in [3.05, 3.63) is 29.6 Å². The number of aliphatic hydroxyl groups is 1. The predicted octanol–water partition coefficient (Wildman–Crippen LogP) is 1.65. The molecule has 0 bridgehead atoms. The van der Waals surface area contributed by atoms with Crippen molar-refractivity contribution in [2.75, 3.05) is 18.5 Å². The van der Waals surface area contributed by atoms with Gasteiger partial charge in [-0.25, -0.2) is 4.39 Å². The number of aliphatic hydroxyl groups excluding tert-OH is 1. The number of hydrogen-bond donors (Lipinski definition) is 2. The van der Waals surface area contributed by atoms with Crippen molar-refractivity contribution < 1.29 is 14.2 Å². The molecule has 4 nitrogen and oxygen atoms in total. The number of nitrogens with zero attached hydrogens (tertiary/aromatic N) is 1. The zero-order chi connectivity index (χ0) is 13.0. The van der Waals surface area contributed by atoms with Crippen molar-refractivity contribution in [2.45, 2.75) is 25.0 Å². The van der Waals surface area contributed by atoms with Crippen LogP contribution in [0.2, 0.25) is 0 Å². The zero-order valence-electron chi connectivity index (χ0n) is 9.90. The first-order valence-electron chi connectivity index (χ1n) is 5.94. The molecule has 2 unspecified atom stereocenters. The molecule has 2 atom stereocenters. The number of rotatable bonds is 4. The number of ether oxygens (including phenoxy) is 1. The van der Waals surface area contributed by atoms with Gasteiger partial charge in [-0.2, -0.15) is 5.26 Å². The third-order valence-electron chi connectivity index (χ3n) is 3.08. The van der Waals surface area contributed by atoms with Gasteiger partial charge in [0.05, 0.1) is 24.4 Å². The highest BCUT2D eigenvalue weighted by Crippen LogP contribution is 2.22. The molecule has 1 fully saturated rings. The lowest BCUT2D eigenvalue weighted by Gasteiger charge is -2.23. The van der Waals surface area contributed by atoms with Crippen molar-refractivity contribution in [1.29, 1.82) is 5.26 Å². The van der Waals surface area contributed by atoms with Crippen LogP contribution in [0.1, 0.15) is 18.4 Å². The number of hydrogen-bond acceptors (Lipinski definition) is 4. The first-order chi connectivity index (χ1) is 8.76. The van der Waals surface area contributed by atoms with E-state index >= 15 is 0 Å². The van der Waals surface area contributed by atoms with Gasteiger partial charge in [0.25, 0.3) is 0 Å². The Kier molecular flexibility index (Phi) is 4.13. The molecule has 0 aromatic heterocycles. The molecule has 0 aliphatic carbocycles. The molecule has 0 spiro atoms. The zero-order valence-corrected chi connectivity index (χ0v) is 9.90. The Morgan fingerprint density at radius 3 is 3.06 bits per heavy atom. The van der Waals surface area contributed by atoms with Gasteiger partial charge in [0.2, 0.25) is 0 Å². The van der Waals surface area contributed by atoms with Crippen LogP contribution in [0.4, 0.5) is 10.1 Å². The van der Waals surface area contributed by atoms with Crippen molar-refractivity contribution in [1.82, 2.24) is 0 Å². The van der Waals surface area contributed by atoms with Gasteiger partial charge < -0.3 is 15.2 Å². The average Bonchev–Trinajstić information content (AvgIpc) is 2.89. The highest BCUT2D eigenvalue weighted by atomic mass is 19.1. The van der Waals surface area contributed by atoms with Gasteiger partial charge in [-0.1, -0.05) is 6.07 Å². The average molecular weight is 250 g/mol. The third kappa shape index (κ3) is 2.61. The number of nitrogens with one attached hydrogen (secondary N) is 1. The van der Waals surface area contributed by atoms with E-state index in [1.807, 2.05) is 6.07 Å². The third-order valence-corrected chi connectivity index (χ3v) is 3.08. The van der Waals surface area contributed by atoms with E-state index in [1.54, 1.807) is 6.07 Å². The molecule has 0 radical (unpaired) electrons. The van der Waals surface area contributed by atoms with Gasteiger partial charge in [-0.3, -0.25) is 0 Å². The Bertz CT molecular complexity index is 453. The Morgan fingerprint density at radius 2 is 2.44 bits per heavy atom. The second-order valence-electron chi connectivity index (χ2n) is 4.26. The Labute approximate surface area is 105 Å². The molecule has 1 aliphatic rings. The summed E-state index contributed by atoms with van der Waals surface area (Å²) in [5, 5.41) is 21.3. The molecule has 1 heterocycles. The molecule has 2 rings (SSSR count). The second-order valence-corrected chi connectivity index (χ2v) is 4.26. The fraction of sp³-hybridized carbons (Fsp3) is 0.462. The predicted molar refractivity (Wildman–Crippen MR) is 64.6 cm³/mol. The summed E-state index contributed by atoms with van der Waals surface area (Å²) in [6, 6.07) is 5.90. The number of benzene rings is 1. The highest BCUT2D eigenvalue weighted by molar-refractivity contribution is 5.58. The molecule has 1 aliphatic heterocycles. The minimum atomic E-state index is -0.563. The molecule has 0 saturated carbocycles. The van der Waals surface area contributed by atoms with Crippen LogP contribution < -0.4 is 5.32 Å². The Balaban J connectivity index is 2.17. The van der Waals surface area contributed by atoms with Crippen LogP contribution in [-0.2, 0) is 4.74 Å². The summed E-state index contributed by atoms with van der Waals surface area (Å²) in [7, 11) is 0. The van der Waals surface area contributed by atoms with E-state index in [1.165, 1.54) is 12.1 Å². The van der Waals surface area contributed by atoms with Crippen molar-refractivity contribution in [3.63, 3.8) is 0 Å². The van der Waals surface area contributed by atoms with E-state index in [0.717, 1.165) is 12.8 Å². The fourth-order valence-electron chi connectivity index (χ4n) is 2.13. The van der Waals surface area contributed by atoms with Crippen LogP contribution in [-0.4, -0.2) is 30.5 Å². The van der Waals surface area contributed by atoms with Crippen LogP contribution in [0.3, 0.4) is 0 Å². The molecular weight excluding hydrogens is 235 g/mol. The molecule has 18 heavy (non-hydrogen) atoms. The molecule has 1 aromatic rings. The SMILES string of the molecule is N#Cc1c(F)cccc1NC(CO)C1CCCO1. The smallest absolute Gasteiger partial charge is 0.143 e. The summed E-state index contributed by atoms with van der Waals surface area (Å²) in [5.41, 5.74) is 0.362. The second kappa shape index (κ2) is 5.80. The Hall–Kier alpha value is -1.64. The number of anilines is 1. The maximum Gasteiger partial charge on any atom is 0.143 e. The first-order valence-corrected chi connectivity index (χ1v) is 5.94. The molecular formula is C13H15FN2O2. The topological polar surface area (TPSA) is 65.3 Å². The molecule has 2 N–H and O–H groups in total. The van der Waals surface area contributed by atoms with Gasteiger partial charge in [-0.15, -0.1) is 0 Å². The first kappa shape index (κ1) is 12.8. The van der Waals surface area contributed by atoms with E-state index in [-0.39, 0.29) is 24.3 Å². The summed E-state index contributed by atoms with van der Waals surface area (Å²) < 4.78 is 18.9. The minimum absolute atomic E-state index is 0.0334. The summed E-state index contributed by atoms with van der Waals surface area (Å²) in [6.07, 6.45) is 1.72. The van der Waals surface area contributed by atoms with Gasteiger partial charge in [0.1, 0.15) is 17.4 Å². The van der Waals surface area contributed by atoms with E-state index in [2.05, 4.69) is 5.32 Å². The molecule has 5 heteroatoms. The quantitative estimate of drug-likeness (QED) is 0.852. The van der Waals surface area contributed by atoms with Crippen LogP contribution in [0.25, 0.3) is 0 Å². The summed E-state index contributed by atoms with van der Waals surface area (Å²) in [6.45, 7) is 0.559. The van der Waals surface area contributed by atoms with Gasteiger partial charge in [-0.05, 0) is 25.0 Å². The molecule has 96 valence electrons. The molecule has 0 amide bonds. The molecule has 1 saturated heterocycles. The Morgan fingerprint density at radius 1 is 1.61 bits per heavy atom. The van der Waals surface area contributed by atoms with Crippen LogP contribution in [0, 0.1) is 17.1 Å².